The fourth-order valence-electron chi connectivity index (χ4n) is 0.500. The van der Waals surface area contributed by atoms with Crippen molar-refractivity contribution in [1.29, 1.82) is 0 Å². The molecule has 0 saturated heterocycles. The SMILES string of the molecule is C.C.CCCCCC.CO[Si](C)(C)C.II. The Morgan fingerprint density at radius 1 is 0.875 bits per heavy atom. The predicted octanol–water partition coefficient (Wildman–Crippen LogP) is 7.10. The first kappa shape index (κ1) is 30.6. The summed E-state index contributed by atoms with van der Waals surface area (Å²) in [4.78, 5) is 0. The van der Waals surface area contributed by atoms with Gasteiger partial charge in [0.1, 0.15) is 0 Å². The predicted molar refractivity (Wildman–Crippen MR) is 102 cm³/mol. The maximum atomic E-state index is 5.08. The number of rotatable bonds is 4. The van der Waals surface area contributed by atoms with Gasteiger partial charge in [0.2, 0.25) is 0 Å². The molecule has 4 heteroatoms. The van der Waals surface area contributed by atoms with E-state index in [-0.39, 0.29) is 14.9 Å². The van der Waals surface area contributed by atoms with Gasteiger partial charge in [0.05, 0.1) is 0 Å². The highest BCUT2D eigenvalue weighted by molar-refractivity contribution is 15.0. The molecule has 106 valence electrons. The third-order valence-electron chi connectivity index (χ3n) is 1.57. The molecule has 1 nitrogen and oxygen atoms in total. The van der Waals surface area contributed by atoms with Gasteiger partial charge in [-0.25, -0.2) is 0 Å². The molecule has 0 aliphatic carbocycles. The highest BCUT2D eigenvalue weighted by atomic mass is 128. The van der Waals surface area contributed by atoms with Crippen LogP contribution in [-0.2, 0) is 4.43 Å². The topological polar surface area (TPSA) is 9.23 Å². The molecule has 0 heterocycles. The first-order valence-corrected chi connectivity index (χ1v) is 14.9. The molecule has 0 atom stereocenters. The number of hydrogen-bond donors (Lipinski definition) is 0. The van der Waals surface area contributed by atoms with E-state index in [1.807, 2.05) is 0 Å². The summed E-state index contributed by atoms with van der Waals surface area (Å²) in [5, 5.41) is 0. The fraction of sp³-hybridized carbons (Fsp3) is 1.00. The molecule has 0 fully saturated rings. The minimum Gasteiger partial charge on any atom is -0.421 e. The van der Waals surface area contributed by atoms with Gasteiger partial charge in [-0.3, -0.25) is 0 Å². The van der Waals surface area contributed by atoms with Crippen LogP contribution in [-0.4, -0.2) is 15.4 Å². The molecular formula is C12H34I2OSi. The Bertz CT molecular complexity index is 81.6. The van der Waals surface area contributed by atoms with Crippen LogP contribution < -0.4 is 0 Å². The third kappa shape index (κ3) is 57.4. The van der Waals surface area contributed by atoms with Gasteiger partial charge in [-0.2, -0.15) is 0 Å². The average molecular weight is 476 g/mol. The van der Waals surface area contributed by atoms with E-state index >= 15 is 0 Å². The first-order chi connectivity index (χ1) is 6.47. The van der Waals surface area contributed by atoms with Crippen molar-refractivity contribution in [2.24, 2.45) is 0 Å². The van der Waals surface area contributed by atoms with Crippen LogP contribution in [0.1, 0.15) is 54.4 Å². The molecule has 0 amide bonds. The maximum absolute atomic E-state index is 5.08. The van der Waals surface area contributed by atoms with Crippen LogP contribution in [0.25, 0.3) is 0 Å². The van der Waals surface area contributed by atoms with Crippen LogP contribution in [0.3, 0.4) is 0 Å². The summed E-state index contributed by atoms with van der Waals surface area (Å²) < 4.78 is 5.08. The molecule has 0 rings (SSSR count). The summed E-state index contributed by atoms with van der Waals surface area (Å²) in [6.45, 7) is 10.9. The number of unbranched alkanes of at least 4 members (excludes halogenated alkanes) is 3. The van der Waals surface area contributed by atoms with Crippen molar-refractivity contribution in [1.82, 2.24) is 0 Å². The lowest BCUT2D eigenvalue weighted by Crippen LogP contribution is -2.22. The van der Waals surface area contributed by atoms with Crippen LogP contribution >= 0.6 is 37.2 Å². The highest BCUT2D eigenvalue weighted by Gasteiger charge is 2.09. The molecule has 0 bridgehead atoms. The minimum atomic E-state index is -1.13. The molecule has 0 spiro atoms. The van der Waals surface area contributed by atoms with Crippen LogP contribution in [0.2, 0.25) is 19.6 Å². The zero-order chi connectivity index (χ0) is 12.0. The van der Waals surface area contributed by atoms with Crippen LogP contribution in [0.5, 0.6) is 0 Å². The van der Waals surface area contributed by atoms with Crippen molar-refractivity contribution < 1.29 is 4.43 Å². The van der Waals surface area contributed by atoms with Gasteiger partial charge in [-0.05, 0) is 19.6 Å². The lowest BCUT2D eigenvalue weighted by molar-refractivity contribution is 0.411. The first-order valence-electron chi connectivity index (χ1n) is 5.17. The summed E-state index contributed by atoms with van der Waals surface area (Å²) in [6, 6.07) is 0. The van der Waals surface area contributed by atoms with E-state index in [4.69, 9.17) is 4.43 Å². The van der Waals surface area contributed by atoms with Crippen molar-refractivity contribution in [3.63, 3.8) is 0 Å². The molecule has 0 aliphatic rings. The van der Waals surface area contributed by atoms with Gasteiger partial charge >= 0.3 is 0 Å². The second-order valence-corrected chi connectivity index (χ2v) is 8.66. The normalized spacial score (nSPS) is 8.25. The minimum absolute atomic E-state index is 0. The van der Waals surface area contributed by atoms with Crippen LogP contribution in [0.15, 0.2) is 0 Å². The van der Waals surface area contributed by atoms with E-state index in [1.54, 1.807) is 7.11 Å². The summed E-state index contributed by atoms with van der Waals surface area (Å²) in [5.74, 6) is 0. The average Bonchev–Trinajstić information content (AvgIpc) is 2.18. The Balaban J connectivity index is -0.0000000393. The molecule has 0 N–H and O–H groups in total. The Morgan fingerprint density at radius 3 is 1.12 bits per heavy atom. The van der Waals surface area contributed by atoms with Crippen LogP contribution in [0, 0.1) is 0 Å². The summed E-state index contributed by atoms with van der Waals surface area (Å²) >= 11 is 4.24. The highest BCUT2D eigenvalue weighted by Crippen LogP contribution is 1.97. The molecule has 0 saturated carbocycles. The van der Waals surface area contributed by atoms with Crippen molar-refractivity contribution in [2.75, 3.05) is 7.11 Å². The largest absolute Gasteiger partial charge is 0.421 e. The van der Waals surface area contributed by atoms with E-state index in [2.05, 4.69) is 70.7 Å². The van der Waals surface area contributed by atoms with Gasteiger partial charge in [-0.1, -0.05) is 54.4 Å². The van der Waals surface area contributed by atoms with E-state index in [1.165, 1.54) is 25.7 Å². The molecule has 0 radical (unpaired) electrons. The molecule has 0 aromatic carbocycles. The van der Waals surface area contributed by atoms with E-state index in [9.17, 15) is 0 Å². The van der Waals surface area contributed by atoms with Crippen molar-refractivity contribution in [2.45, 2.75) is 74.0 Å². The Morgan fingerprint density at radius 2 is 1.06 bits per heavy atom. The summed E-state index contributed by atoms with van der Waals surface area (Å²) in [7, 11) is 0.639. The summed E-state index contributed by atoms with van der Waals surface area (Å²) in [5.41, 5.74) is 0. The van der Waals surface area contributed by atoms with Gasteiger partial charge in [0.15, 0.2) is 8.32 Å². The van der Waals surface area contributed by atoms with E-state index < -0.39 is 8.32 Å². The Hall–Kier alpha value is 1.64. The maximum Gasteiger partial charge on any atom is 0.183 e. The summed E-state index contributed by atoms with van der Waals surface area (Å²) in [6.07, 6.45) is 5.54. The van der Waals surface area contributed by atoms with E-state index in [0.29, 0.717) is 0 Å². The monoisotopic (exact) mass is 476 g/mol. The van der Waals surface area contributed by atoms with Crippen molar-refractivity contribution in [3.05, 3.63) is 0 Å². The second-order valence-electron chi connectivity index (χ2n) is 4.02. The second kappa shape index (κ2) is 25.5. The fourth-order valence-corrected chi connectivity index (χ4v) is 0.500. The molecule has 0 aromatic heterocycles. The third-order valence-corrected chi connectivity index (χ3v) is 2.79. The van der Waals surface area contributed by atoms with Crippen molar-refractivity contribution >= 4 is 45.5 Å². The standard InChI is InChI=1S/C6H14.C4H12OSi.2CH4.I2/c1-3-5-6-4-2;1-5-6(2,3)4;;;1-2/h3-6H2,1-2H3;1-4H3;2*1H4;. The smallest absolute Gasteiger partial charge is 0.183 e. The van der Waals surface area contributed by atoms with Gasteiger partial charge in [0, 0.05) is 44.3 Å². The van der Waals surface area contributed by atoms with Crippen molar-refractivity contribution in [3.8, 4) is 0 Å². The molecule has 16 heavy (non-hydrogen) atoms. The Labute approximate surface area is 130 Å². The number of halogens is 2. The van der Waals surface area contributed by atoms with E-state index in [0.717, 1.165) is 0 Å². The lowest BCUT2D eigenvalue weighted by atomic mass is 10.2. The molecule has 0 aromatic rings. The van der Waals surface area contributed by atoms with Gasteiger partial charge in [0.25, 0.3) is 0 Å². The lowest BCUT2D eigenvalue weighted by Gasteiger charge is -2.10. The molecular weight excluding hydrogens is 442 g/mol. The zero-order valence-corrected chi connectivity index (χ0v) is 15.8. The Kier molecular flexibility index (Phi) is 48.7. The van der Waals surface area contributed by atoms with Gasteiger partial charge in [-0.15, -0.1) is 0 Å². The number of hydrogen-bond acceptors (Lipinski definition) is 1. The zero-order valence-electron chi connectivity index (χ0n) is 10.5. The van der Waals surface area contributed by atoms with Crippen LogP contribution in [0.4, 0.5) is 0 Å². The molecule has 0 aliphatic heterocycles. The van der Waals surface area contributed by atoms with Gasteiger partial charge < -0.3 is 4.43 Å². The quantitative estimate of drug-likeness (QED) is 0.239. The molecule has 0 unspecified atom stereocenters.